The number of benzene rings is 1. The summed E-state index contributed by atoms with van der Waals surface area (Å²) in [6.45, 7) is 10.4. The highest BCUT2D eigenvalue weighted by Gasteiger charge is 2.43. The average molecular weight is 722 g/mol. The summed E-state index contributed by atoms with van der Waals surface area (Å²) in [5.74, 6) is -1.35. The highest BCUT2D eigenvalue weighted by molar-refractivity contribution is 7.89. The molecule has 0 fully saturated rings. The molecule has 11 nitrogen and oxygen atoms in total. The van der Waals surface area contributed by atoms with Crippen LogP contribution in [0.25, 0.3) is 0 Å². The van der Waals surface area contributed by atoms with Crippen LogP contribution in [0.1, 0.15) is 72.6 Å². The molecule has 1 aromatic carbocycles. The van der Waals surface area contributed by atoms with Gasteiger partial charge in [0.1, 0.15) is 24.0 Å². The van der Waals surface area contributed by atoms with Crippen LogP contribution < -0.4 is 9.80 Å². The Morgan fingerprint density at radius 3 is 2.10 bits per heavy atom. The lowest BCUT2D eigenvalue weighted by atomic mass is 9.85. The molecule has 1 amide bonds. The van der Waals surface area contributed by atoms with Gasteiger partial charge in [0.25, 0.3) is 10.0 Å². The van der Waals surface area contributed by atoms with Gasteiger partial charge in [0.2, 0.25) is 0 Å². The van der Waals surface area contributed by atoms with E-state index in [4.69, 9.17) is 4.74 Å². The van der Waals surface area contributed by atoms with Crippen molar-refractivity contribution < 1.29 is 41.0 Å². The third-order valence-corrected chi connectivity index (χ3v) is 9.04. The fourth-order valence-electron chi connectivity index (χ4n) is 5.12. The molecule has 2 aromatic heterocycles. The third kappa shape index (κ3) is 11.4. The summed E-state index contributed by atoms with van der Waals surface area (Å²) in [6, 6.07) is 13.7. The molecule has 0 spiro atoms. The van der Waals surface area contributed by atoms with E-state index >= 15 is 0 Å². The highest BCUT2D eigenvalue weighted by Crippen LogP contribution is 2.31. The van der Waals surface area contributed by atoms with Crippen molar-refractivity contribution in [1.29, 1.82) is 0 Å². The van der Waals surface area contributed by atoms with Gasteiger partial charge in [-0.15, -0.1) is 0 Å². The number of unbranched alkanes of at least 4 members (excludes halogenated alkanes) is 1. The van der Waals surface area contributed by atoms with Crippen molar-refractivity contribution in [2.24, 2.45) is 5.41 Å². The van der Waals surface area contributed by atoms with Crippen LogP contribution in [-0.4, -0.2) is 70.8 Å². The summed E-state index contributed by atoms with van der Waals surface area (Å²) in [7, 11) is -4.26. The molecule has 274 valence electrons. The maximum absolute atomic E-state index is 13.9. The van der Waals surface area contributed by atoms with E-state index in [0.29, 0.717) is 24.1 Å². The molecule has 3 rings (SSSR count). The summed E-state index contributed by atoms with van der Waals surface area (Å²) in [4.78, 5) is 36.8. The monoisotopic (exact) mass is 721 g/mol. The Balaban J connectivity index is 2.06. The summed E-state index contributed by atoms with van der Waals surface area (Å²) >= 11 is 0. The number of nitrogens with zero attached hydrogens (tertiary/aromatic N) is 5. The standard InChI is InChI=1S/C35H46F3N5O6S/c1-8-9-21-41(24-35(36,37)38)27-18-16-25(17-19-27)22-42(50(47,48)29-15-10-11-20-39-29)23-26-13-12-14-28(40-26)43(32(46)49-34(5,6)7)30(31(44)45)33(2,3)4/h10-20,30H,8-9,21-24H2,1-7H3,(H,44,45). The summed E-state index contributed by atoms with van der Waals surface area (Å²) in [6.07, 6.45) is -2.74. The second kappa shape index (κ2) is 16.2. The van der Waals surface area contributed by atoms with Crippen LogP contribution in [0.3, 0.4) is 0 Å². The van der Waals surface area contributed by atoms with Gasteiger partial charge in [-0.2, -0.15) is 17.5 Å². The molecule has 3 aromatic rings. The predicted octanol–water partition coefficient (Wildman–Crippen LogP) is 7.28. The van der Waals surface area contributed by atoms with E-state index in [1.165, 1.54) is 53.6 Å². The predicted molar refractivity (Wildman–Crippen MR) is 184 cm³/mol. The Labute approximate surface area is 292 Å². The fraction of sp³-hybridized carbons (Fsp3) is 0.486. The molecular weight excluding hydrogens is 675 g/mol. The van der Waals surface area contributed by atoms with Crippen LogP contribution in [0.15, 0.2) is 71.9 Å². The Bertz CT molecular complexity index is 1690. The molecule has 1 unspecified atom stereocenters. The normalized spacial score (nSPS) is 13.2. The average Bonchev–Trinajstić information content (AvgIpc) is 3.00. The van der Waals surface area contributed by atoms with E-state index in [-0.39, 0.29) is 36.2 Å². The Morgan fingerprint density at radius 2 is 1.58 bits per heavy atom. The number of carboxylic acid groups (broad SMARTS) is 1. The molecule has 0 radical (unpaired) electrons. The number of aliphatic carboxylic acids is 1. The zero-order valence-corrected chi connectivity index (χ0v) is 30.3. The van der Waals surface area contributed by atoms with Gasteiger partial charge >= 0.3 is 18.2 Å². The largest absolute Gasteiger partial charge is 0.480 e. The first-order valence-corrected chi connectivity index (χ1v) is 17.6. The lowest BCUT2D eigenvalue weighted by Crippen LogP contribution is -2.54. The summed E-state index contributed by atoms with van der Waals surface area (Å²) in [5, 5.41) is 9.98. The van der Waals surface area contributed by atoms with Crippen LogP contribution in [0.2, 0.25) is 0 Å². The number of hydrogen-bond donors (Lipinski definition) is 1. The zero-order valence-electron chi connectivity index (χ0n) is 29.4. The summed E-state index contributed by atoms with van der Waals surface area (Å²) < 4.78 is 74.5. The maximum Gasteiger partial charge on any atom is 0.416 e. The van der Waals surface area contributed by atoms with Gasteiger partial charge in [0.15, 0.2) is 5.03 Å². The number of pyridine rings is 2. The second-order valence-corrected chi connectivity index (χ2v) is 15.8. The van der Waals surface area contributed by atoms with E-state index in [1.54, 1.807) is 59.7 Å². The number of hydrogen-bond acceptors (Lipinski definition) is 8. The number of sulfonamides is 1. The molecule has 0 aliphatic carbocycles. The number of ether oxygens (including phenoxy) is 1. The van der Waals surface area contributed by atoms with Crippen molar-refractivity contribution >= 4 is 33.6 Å². The zero-order chi connectivity index (χ0) is 37.5. The Kier molecular flexibility index (Phi) is 13.0. The first-order chi connectivity index (χ1) is 23.1. The van der Waals surface area contributed by atoms with Gasteiger partial charge in [0, 0.05) is 25.0 Å². The van der Waals surface area contributed by atoms with Crippen LogP contribution in [-0.2, 0) is 32.6 Å². The number of halogens is 3. The minimum absolute atomic E-state index is 0.0598. The number of anilines is 2. The molecule has 0 saturated carbocycles. The van der Waals surface area contributed by atoms with Gasteiger partial charge in [-0.1, -0.05) is 58.4 Å². The smallest absolute Gasteiger partial charge is 0.416 e. The molecule has 1 N–H and O–H groups in total. The Hall–Kier alpha value is -4.24. The number of alkyl halides is 3. The maximum atomic E-state index is 13.9. The third-order valence-electron chi connectivity index (χ3n) is 7.33. The van der Waals surface area contributed by atoms with Gasteiger partial charge in [-0.05, 0) is 74.6 Å². The Morgan fingerprint density at radius 1 is 0.920 bits per heavy atom. The molecule has 0 saturated heterocycles. The fourth-order valence-corrected chi connectivity index (χ4v) is 6.45. The number of carbonyl (C=O) groups excluding carboxylic acids is 1. The number of aromatic nitrogens is 2. The van der Waals surface area contributed by atoms with E-state index in [2.05, 4.69) is 9.97 Å². The van der Waals surface area contributed by atoms with Crippen LogP contribution in [0.4, 0.5) is 29.5 Å². The minimum atomic E-state index is -4.40. The number of amides is 1. The molecule has 0 bridgehead atoms. The molecule has 50 heavy (non-hydrogen) atoms. The van der Waals surface area contributed by atoms with E-state index in [9.17, 15) is 36.3 Å². The van der Waals surface area contributed by atoms with Gasteiger partial charge < -0.3 is 14.7 Å². The molecular formula is C35H46F3N5O6S. The first kappa shape index (κ1) is 40.2. The lowest BCUT2D eigenvalue weighted by Gasteiger charge is -2.37. The minimum Gasteiger partial charge on any atom is -0.480 e. The summed E-state index contributed by atoms with van der Waals surface area (Å²) in [5.41, 5.74) is -0.909. The second-order valence-electron chi connectivity index (χ2n) is 13.9. The van der Waals surface area contributed by atoms with Crippen molar-refractivity contribution in [3.8, 4) is 0 Å². The lowest BCUT2D eigenvalue weighted by molar-refractivity contribution is -0.141. The van der Waals surface area contributed by atoms with Crippen LogP contribution in [0.5, 0.6) is 0 Å². The molecule has 15 heteroatoms. The number of carbonyl (C=O) groups is 2. The molecule has 0 aliphatic rings. The highest BCUT2D eigenvalue weighted by atomic mass is 32.2. The van der Waals surface area contributed by atoms with E-state index < -0.39 is 51.9 Å². The first-order valence-electron chi connectivity index (χ1n) is 16.1. The van der Waals surface area contributed by atoms with Gasteiger partial charge in [0.05, 0.1) is 12.2 Å². The SMILES string of the molecule is CCCCN(CC(F)(F)F)c1ccc(CN(Cc2cccc(N(C(=O)OC(C)(C)C)C(C(=O)O)C(C)(C)C)n2)S(=O)(=O)c2ccccn2)cc1. The van der Waals surface area contributed by atoms with Crippen molar-refractivity contribution in [1.82, 2.24) is 14.3 Å². The topological polar surface area (TPSA) is 133 Å². The quantitative estimate of drug-likeness (QED) is 0.182. The van der Waals surface area contributed by atoms with Gasteiger partial charge in [-0.25, -0.2) is 32.9 Å². The molecule has 0 aliphatic heterocycles. The van der Waals surface area contributed by atoms with E-state index in [1.807, 2.05) is 6.92 Å². The van der Waals surface area contributed by atoms with Crippen LogP contribution in [0, 0.1) is 5.41 Å². The van der Waals surface area contributed by atoms with Crippen molar-refractivity contribution in [3.05, 3.63) is 78.1 Å². The van der Waals surface area contributed by atoms with Crippen molar-refractivity contribution in [2.75, 3.05) is 22.9 Å². The molecule has 1 atom stereocenters. The molecule has 2 heterocycles. The number of carboxylic acids is 1. The van der Waals surface area contributed by atoms with Gasteiger partial charge in [-0.3, -0.25) is 0 Å². The number of rotatable bonds is 14. The van der Waals surface area contributed by atoms with Crippen LogP contribution >= 0.6 is 0 Å². The van der Waals surface area contributed by atoms with Crippen molar-refractivity contribution in [3.63, 3.8) is 0 Å². The van der Waals surface area contributed by atoms with Crippen molar-refractivity contribution in [2.45, 2.75) is 97.2 Å². The van der Waals surface area contributed by atoms with E-state index in [0.717, 1.165) is 9.21 Å².